The third-order valence-corrected chi connectivity index (χ3v) is 3.73. The number of hydrogen-bond donors (Lipinski definition) is 1. The highest BCUT2D eigenvalue weighted by molar-refractivity contribution is 5.94. The number of methoxy groups -OCH3 is 1. The summed E-state index contributed by atoms with van der Waals surface area (Å²) in [5.74, 6) is 0.823. The van der Waals surface area contributed by atoms with Gasteiger partial charge in [-0.25, -0.2) is 4.98 Å². The molecule has 0 aliphatic rings. The van der Waals surface area contributed by atoms with Crippen LogP contribution in [0, 0.1) is 6.92 Å². The third kappa shape index (κ3) is 2.75. The highest BCUT2D eigenvalue weighted by Crippen LogP contribution is 2.30. The van der Waals surface area contributed by atoms with Crippen LogP contribution >= 0.6 is 0 Å². The molecule has 0 spiro atoms. The van der Waals surface area contributed by atoms with E-state index in [2.05, 4.69) is 55.6 Å². The number of aromatic nitrogens is 1. The Kier molecular flexibility index (Phi) is 3.96. The molecule has 0 saturated carbocycles. The summed E-state index contributed by atoms with van der Waals surface area (Å²) in [5.41, 5.74) is 5.38. The Balaban J connectivity index is 2.19. The van der Waals surface area contributed by atoms with E-state index in [0.29, 0.717) is 0 Å². The minimum Gasteiger partial charge on any atom is -0.497 e. The first-order valence-corrected chi connectivity index (χ1v) is 7.51. The largest absolute Gasteiger partial charge is 0.497 e. The van der Waals surface area contributed by atoms with Gasteiger partial charge in [0.05, 0.1) is 18.3 Å². The molecule has 0 aliphatic carbocycles. The molecule has 0 bridgehead atoms. The van der Waals surface area contributed by atoms with Gasteiger partial charge in [0.25, 0.3) is 0 Å². The Morgan fingerprint density at radius 3 is 2.50 bits per heavy atom. The van der Waals surface area contributed by atoms with Crippen molar-refractivity contribution in [3.63, 3.8) is 0 Å². The molecule has 0 aliphatic heterocycles. The molecule has 3 aromatic rings. The normalized spacial score (nSPS) is 10.7. The fourth-order valence-electron chi connectivity index (χ4n) is 2.54. The van der Waals surface area contributed by atoms with Gasteiger partial charge in [-0.15, -0.1) is 0 Å². The number of nitrogens with zero attached hydrogens (tertiary/aromatic N) is 1. The maximum atomic E-state index is 5.32. The van der Waals surface area contributed by atoms with Crippen LogP contribution in [0.1, 0.15) is 12.5 Å². The fraction of sp³-hybridized carbons (Fsp3) is 0.211. The number of fused-ring (bicyclic) bond motifs is 1. The summed E-state index contributed by atoms with van der Waals surface area (Å²) in [6.07, 6.45) is 0. The van der Waals surface area contributed by atoms with Crippen molar-refractivity contribution in [2.24, 2.45) is 0 Å². The number of hydrogen-bond acceptors (Lipinski definition) is 3. The van der Waals surface area contributed by atoms with E-state index < -0.39 is 0 Å². The molecule has 22 heavy (non-hydrogen) atoms. The summed E-state index contributed by atoms with van der Waals surface area (Å²) < 4.78 is 5.32. The van der Waals surface area contributed by atoms with Crippen LogP contribution in [0.5, 0.6) is 5.75 Å². The van der Waals surface area contributed by atoms with Crippen molar-refractivity contribution >= 4 is 16.6 Å². The number of rotatable bonds is 4. The molecule has 0 fully saturated rings. The number of aryl methyl sites for hydroxylation is 1. The van der Waals surface area contributed by atoms with Gasteiger partial charge < -0.3 is 10.1 Å². The van der Waals surface area contributed by atoms with Crippen LogP contribution in [0.4, 0.5) is 5.69 Å². The summed E-state index contributed by atoms with van der Waals surface area (Å²) >= 11 is 0. The van der Waals surface area contributed by atoms with Crippen LogP contribution < -0.4 is 10.1 Å². The number of anilines is 1. The quantitative estimate of drug-likeness (QED) is 0.760. The molecule has 112 valence electrons. The van der Waals surface area contributed by atoms with E-state index in [-0.39, 0.29) is 0 Å². The molecular weight excluding hydrogens is 272 g/mol. The van der Waals surface area contributed by atoms with E-state index in [1.807, 2.05) is 12.1 Å². The predicted molar refractivity (Wildman–Crippen MR) is 92.6 cm³/mol. The van der Waals surface area contributed by atoms with Gasteiger partial charge in [-0.05, 0) is 32.0 Å². The topological polar surface area (TPSA) is 34.2 Å². The van der Waals surface area contributed by atoms with Crippen LogP contribution in [-0.2, 0) is 0 Å². The maximum absolute atomic E-state index is 5.32. The molecule has 0 atom stereocenters. The van der Waals surface area contributed by atoms with Gasteiger partial charge in [0.2, 0.25) is 0 Å². The Hall–Kier alpha value is -2.55. The standard InChI is InChI=1S/C19H20N2O/c1-4-20-18-12-17(14-7-5-13(2)6-8-14)21-19-11-15(22-3)9-10-16(18)19/h5-12H,4H2,1-3H3,(H,20,21). The first-order valence-electron chi connectivity index (χ1n) is 7.51. The summed E-state index contributed by atoms with van der Waals surface area (Å²) in [6, 6.07) is 16.6. The Labute approximate surface area is 131 Å². The zero-order valence-corrected chi connectivity index (χ0v) is 13.2. The van der Waals surface area contributed by atoms with Crippen molar-refractivity contribution in [1.29, 1.82) is 0 Å². The average molecular weight is 292 g/mol. The van der Waals surface area contributed by atoms with Crippen molar-refractivity contribution in [3.05, 3.63) is 54.1 Å². The Bertz CT molecular complexity index is 794. The van der Waals surface area contributed by atoms with Crippen molar-refractivity contribution < 1.29 is 4.74 Å². The molecule has 0 radical (unpaired) electrons. The van der Waals surface area contributed by atoms with Crippen molar-refractivity contribution in [3.8, 4) is 17.0 Å². The summed E-state index contributed by atoms with van der Waals surface area (Å²) in [4.78, 5) is 4.81. The second-order valence-electron chi connectivity index (χ2n) is 5.33. The van der Waals surface area contributed by atoms with Gasteiger partial charge in [0.15, 0.2) is 0 Å². The van der Waals surface area contributed by atoms with Crippen molar-refractivity contribution in [2.75, 3.05) is 19.0 Å². The molecule has 3 heteroatoms. The van der Waals surface area contributed by atoms with Gasteiger partial charge in [-0.1, -0.05) is 29.8 Å². The predicted octanol–water partition coefficient (Wildman–Crippen LogP) is 4.65. The maximum Gasteiger partial charge on any atom is 0.121 e. The smallest absolute Gasteiger partial charge is 0.121 e. The van der Waals surface area contributed by atoms with Crippen LogP contribution in [0.15, 0.2) is 48.5 Å². The molecule has 3 nitrogen and oxygen atoms in total. The lowest BCUT2D eigenvalue weighted by Crippen LogP contribution is -1.99. The van der Waals surface area contributed by atoms with E-state index in [1.165, 1.54) is 5.56 Å². The van der Waals surface area contributed by atoms with Crippen LogP contribution in [0.3, 0.4) is 0 Å². The third-order valence-electron chi connectivity index (χ3n) is 3.73. The second kappa shape index (κ2) is 6.06. The molecular formula is C19H20N2O. The lowest BCUT2D eigenvalue weighted by atomic mass is 10.1. The van der Waals surface area contributed by atoms with Crippen molar-refractivity contribution in [2.45, 2.75) is 13.8 Å². The Morgan fingerprint density at radius 1 is 1.05 bits per heavy atom. The van der Waals surface area contributed by atoms with E-state index in [1.54, 1.807) is 7.11 Å². The molecule has 1 N–H and O–H groups in total. The van der Waals surface area contributed by atoms with E-state index >= 15 is 0 Å². The molecule has 3 rings (SSSR count). The van der Waals surface area contributed by atoms with Gasteiger partial charge in [0.1, 0.15) is 5.75 Å². The number of nitrogens with one attached hydrogen (secondary N) is 1. The molecule has 0 unspecified atom stereocenters. The zero-order chi connectivity index (χ0) is 15.5. The van der Waals surface area contributed by atoms with E-state index in [9.17, 15) is 0 Å². The molecule has 0 saturated heterocycles. The number of ether oxygens (including phenoxy) is 1. The minimum absolute atomic E-state index is 0.823. The second-order valence-corrected chi connectivity index (χ2v) is 5.33. The molecule has 1 heterocycles. The zero-order valence-electron chi connectivity index (χ0n) is 13.2. The monoisotopic (exact) mass is 292 g/mol. The van der Waals surface area contributed by atoms with Crippen molar-refractivity contribution in [1.82, 2.24) is 4.98 Å². The lowest BCUT2D eigenvalue weighted by Gasteiger charge is -2.12. The van der Waals surface area contributed by atoms with Gasteiger partial charge >= 0.3 is 0 Å². The summed E-state index contributed by atoms with van der Waals surface area (Å²) in [7, 11) is 1.68. The molecule has 2 aromatic carbocycles. The van der Waals surface area contributed by atoms with Gasteiger partial charge in [-0.2, -0.15) is 0 Å². The fourth-order valence-corrected chi connectivity index (χ4v) is 2.54. The minimum atomic E-state index is 0.823. The van der Waals surface area contributed by atoms with E-state index in [0.717, 1.165) is 40.1 Å². The van der Waals surface area contributed by atoms with E-state index in [4.69, 9.17) is 9.72 Å². The van der Waals surface area contributed by atoms with Gasteiger partial charge in [-0.3, -0.25) is 0 Å². The average Bonchev–Trinajstić information content (AvgIpc) is 2.55. The highest BCUT2D eigenvalue weighted by Gasteiger charge is 2.08. The SMILES string of the molecule is CCNc1cc(-c2ccc(C)cc2)nc2cc(OC)ccc12. The van der Waals surface area contributed by atoms with Crippen LogP contribution in [0.25, 0.3) is 22.2 Å². The first kappa shape index (κ1) is 14.4. The van der Waals surface area contributed by atoms with Crippen LogP contribution in [-0.4, -0.2) is 18.6 Å². The summed E-state index contributed by atoms with van der Waals surface area (Å²) in [5, 5.41) is 4.54. The molecule has 0 amide bonds. The van der Waals surface area contributed by atoms with Crippen LogP contribution in [0.2, 0.25) is 0 Å². The first-order chi connectivity index (χ1) is 10.7. The molecule has 1 aromatic heterocycles. The number of pyridine rings is 1. The lowest BCUT2D eigenvalue weighted by molar-refractivity contribution is 0.415. The summed E-state index contributed by atoms with van der Waals surface area (Å²) in [6.45, 7) is 5.06. The Morgan fingerprint density at radius 2 is 1.82 bits per heavy atom. The highest BCUT2D eigenvalue weighted by atomic mass is 16.5. The van der Waals surface area contributed by atoms with Gasteiger partial charge in [0, 0.05) is 29.2 Å². The number of benzene rings is 2.